The number of anilines is 1. The van der Waals surface area contributed by atoms with Gasteiger partial charge >= 0.3 is 0 Å². The number of nitrogens with one attached hydrogen (secondary N) is 1. The van der Waals surface area contributed by atoms with Gasteiger partial charge in [-0.05, 0) is 30.3 Å². The number of nitrogens with zero attached hydrogens (tertiary/aromatic N) is 1. The Kier molecular flexibility index (Phi) is 4.79. The summed E-state index contributed by atoms with van der Waals surface area (Å²) < 4.78 is 1.68. The summed E-state index contributed by atoms with van der Waals surface area (Å²) in [5, 5.41) is 14.8. The van der Waals surface area contributed by atoms with Gasteiger partial charge in [0.05, 0.1) is 11.3 Å². The van der Waals surface area contributed by atoms with E-state index in [4.69, 9.17) is 0 Å². The Hall–Kier alpha value is -1.70. The molecule has 1 aromatic heterocycles. The molecule has 0 aliphatic carbocycles. The van der Waals surface area contributed by atoms with E-state index in [2.05, 4.69) is 42.2 Å². The van der Waals surface area contributed by atoms with Gasteiger partial charge in [0.15, 0.2) is 5.13 Å². The molecule has 0 aliphatic rings. The van der Waals surface area contributed by atoms with E-state index in [0.29, 0.717) is 5.13 Å². The van der Waals surface area contributed by atoms with Crippen molar-refractivity contribution in [1.29, 1.82) is 0 Å². The fraction of sp³-hybridized carbons (Fsp3) is 0. The number of phenols is 1. The third-order valence-corrected chi connectivity index (χ3v) is 4.79. The zero-order valence-corrected chi connectivity index (χ0v) is 15.6. The fourth-order valence-electron chi connectivity index (χ4n) is 1.97. The van der Waals surface area contributed by atoms with Crippen molar-refractivity contribution in [2.75, 3.05) is 5.32 Å². The maximum atomic E-state index is 12.3. The average molecular weight is 454 g/mol. The van der Waals surface area contributed by atoms with Crippen molar-refractivity contribution in [3.63, 3.8) is 0 Å². The van der Waals surface area contributed by atoms with Crippen LogP contribution in [0.3, 0.4) is 0 Å². The summed E-state index contributed by atoms with van der Waals surface area (Å²) in [6, 6.07) is 12.5. The van der Waals surface area contributed by atoms with Crippen LogP contribution in [0.4, 0.5) is 5.13 Å². The smallest absolute Gasteiger partial charge is 0.261 e. The number of aromatic nitrogens is 1. The van der Waals surface area contributed by atoms with Crippen LogP contribution < -0.4 is 5.32 Å². The maximum absolute atomic E-state index is 12.3. The van der Waals surface area contributed by atoms with Crippen molar-refractivity contribution in [1.82, 2.24) is 4.98 Å². The first-order chi connectivity index (χ1) is 11.0. The van der Waals surface area contributed by atoms with Crippen LogP contribution in [0.25, 0.3) is 11.3 Å². The van der Waals surface area contributed by atoms with Crippen molar-refractivity contribution in [2.24, 2.45) is 0 Å². The molecule has 3 aromatic rings. The van der Waals surface area contributed by atoms with Crippen molar-refractivity contribution >= 4 is 54.2 Å². The topological polar surface area (TPSA) is 62.2 Å². The van der Waals surface area contributed by atoms with Gasteiger partial charge in [-0.15, -0.1) is 11.3 Å². The molecule has 0 fully saturated rings. The normalized spacial score (nSPS) is 10.5. The Morgan fingerprint density at radius 2 is 1.91 bits per heavy atom. The van der Waals surface area contributed by atoms with Crippen LogP contribution in [0.15, 0.2) is 56.8 Å². The molecule has 0 bridgehead atoms. The first kappa shape index (κ1) is 16.2. The Morgan fingerprint density at radius 1 is 1.13 bits per heavy atom. The molecule has 116 valence electrons. The third kappa shape index (κ3) is 3.80. The standard InChI is InChI=1S/C16H10Br2N2O2S/c17-10-3-1-2-9(6-10)13-8-23-16(19-13)20-15(22)12-7-11(18)4-5-14(12)21/h1-8,21H,(H,19,20,22). The monoisotopic (exact) mass is 452 g/mol. The molecular weight excluding hydrogens is 444 g/mol. The van der Waals surface area contributed by atoms with Crippen LogP contribution in [0.5, 0.6) is 5.75 Å². The molecule has 1 amide bonds. The van der Waals surface area contributed by atoms with E-state index in [1.165, 1.54) is 17.4 Å². The molecule has 0 atom stereocenters. The zero-order chi connectivity index (χ0) is 16.4. The second-order valence-corrected chi connectivity index (χ2v) is 7.35. The number of aromatic hydroxyl groups is 1. The second kappa shape index (κ2) is 6.82. The van der Waals surface area contributed by atoms with Gasteiger partial charge in [0.25, 0.3) is 5.91 Å². The Labute approximate surface area is 153 Å². The van der Waals surface area contributed by atoms with E-state index in [0.717, 1.165) is 20.2 Å². The molecule has 0 radical (unpaired) electrons. The highest BCUT2D eigenvalue weighted by molar-refractivity contribution is 9.10. The molecule has 1 heterocycles. The first-order valence-electron chi connectivity index (χ1n) is 6.54. The lowest BCUT2D eigenvalue weighted by molar-refractivity contribution is 0.102. The summed E-state index contributed by atoms with van der Waals surface area (Å²) in [6.07, 6.45) is 0. The molecule has 0 spiro atoms. The van der Waals surface area contributed by atoms with Gasteiger partial charge in [-0.25, -0.2) is 4.98 Å². The molecule has 2 aromatic carbocycles. The quantitative estimate of drug-likeness (QED) is 0.566. The first-order valence-corrected chi connectivity index (χ1v) is 9.01. The maximum Gasteiger partial charge on any atom is 0.261 e. The number of amides is 1. The highest BCUT2D eigenvalue weighted by Gasteiger charge is 2.14. The van der Waals surface area contributed by atoms with Crippen LogP contribution in [0.1, 0.15) is 10.4 Å². The minimum Gasteiger partial charge on any atom is -0.507 e. The van der Waals surface area contributed by atoms with Gasteiger partial charge in [-0.1, -0.05) is 44.0 Å². The summed E-state index contributed by atoms with van der Waals surface area (Å²) in [5.41, 5.74) is 1.94. The van der Waals surface area contributed by atoms with Crippen LogP contribution in [0, 0.1) is 0 Å². The van der Waals surface area contributed by atoms with Gasteiger partial charge in [0.1, 0.15) is 5.75 Å². The van der Waals surface area contributed by atoms with Gasteiger partial charge < -0.3 is 5.11 Å². The summed E-state index contributed by atoms with van der Waals surface area (Å²) in [4.78, 5) is 16.7. The average Bonchev–Trinajstić information content (AvgIpc) is 2.98. The minimum absolute atomic E-state index is 0.0746. The highest BCUT2D eigenvalue weighted by Crippen LogP contribution is 2.28. The number of rotatable bonds is 3. The lowest BCUT2D eigenvalue weighted by Crippen LogP contribution is -2.11. The Bertz CT molecular complexity index is 880. The fourth-order valence-corrected chi connectivity index (χ4v) is 3.44. The summed E-state index contributed by atoms with van der Waals surface area (Å²) >= 11 is 8.04. The summed E-state index contributed by atoms with van der Waals surface area (Å²) in [6.45, 7) is 0. The van der Waals surface area contributed by atoms with Crippen molar-refractivity contribution < 1.29 is 9.90 Å². The predicted molar refractivity (Wildman–Crippen MR) is 99.0 cm³/mol. The molecule has 0 unspecified atom stereocenters. The number of halogens is 2. The van der Waals surface area contributed by atoms with E-state index in [1.807, 2.05) is 29.6 Å². The Balaban J connectivity index is 1.81. The van der Waals surface area contributed by atoms with Crippen molar-refractivity contribution in [2.45, 2.75) is 0 Å². The highest BCUT2D eigenvalue weighted by atomic mass is 79.9. The molecule has 7 heteroatoms. The van der Waals surface area contributed by atoms with Crippen LogP contribution in [-0.2, 0) is 0 Å². The van der Waals surface area contributed by atoms with E-state index < -0.39 is 5.91 Å². The van der Waals surface area contributed by atoms with Crippen LogP contribution >= 0.6 is 43.2 Å². The molecule has 0 saturated carbocycles. The number of phenolic OH excluding ortho intramolecular Hbond substituents is 1. The van der Waals surface area contributed by atoms with Gasteiger partial charge in [0, 0.05) is 19.9 Å². The molecule has 3 rings (SSSR count). The summed E-state index contributed by atoms with van der Waals surface area (Å²) in [7, 11) is 0. The van der Waals surface area contributed by atoms with Crippen molar-refractivity contribution in [3.8, 4) is 17.0 Å². The van der Waals surface area contributed by atoms with E-state index in [-0.39, 0.29) is 11.3 Å². The summed E-state index contributed by atoms with van der Waals surface area (Å²) in [5.74, 6) is -0.478. The lowest BCUT2D eigenvalue weighted by atomic mass is 10.2. The Morgan fingerprint density at radius 3 is 2.70 bits per heavy atom. The molecule has 4 nitrogen and oxygen atoms in total. The third-order valence-electron chi connectivity index (χ3n) is 3.05. The second-order valence-electron chi connectivity index (χ2n) is 4.66. The van der Waals surface area contributed by atoms with Crippen molar-refractivity contribution in [3.05, 3.63) is 62.4 Å². The molecule has 0 aliphatic heterocycles. The molecular formula is C16H10Br2N2O2S. The van der Waals surface area contributed by atoms with E-state index >= 15 is 0 Å². The largest absolute Gasteiger partial charge is 0.507 e. The SMILES string of the molecule is O=C(Nc1nc(-c2cccc(Br)c2)cs1)c1cc(Br)ccc1O. The van der Waals surface area contributed by atoms with E-state index in [9.17, 15) is 9.90 Å². The number of carbonyl (C=O) groups is 1. The zero-order valence-electron chi connectivity index (χ0n) is 11.6. The molecule has 0 saturated heterocycles. The lowest BCUT2D eigenvalue weighted by Gasteiger charge is -2.04. The van der Waals surface area contributed by atoms with Gasteiger partial charge in [-0.2, -0.15) is 0 Å². The predicted octanol–water partition coefficient (Wildman–Crippen LogP) is 5.29. The van der Waals surface area contributed by atoms with Gasteiger partial charge in [0.2, 0.25) is 0 Å². The van der Waals surface area contributed by atoms with Crippen LogP contribution in [0.2, 0.25) is 0 Å². The van der Waals surface area contributed by atoms with E-state index in [1.54, 1.807) is 12.1 Å². The number of hydrogen-bond acceptors (Lipinski definition) is 4. The molecule has 23 heavy (non-hydrogen) atoms. The van der Waals surface area contributed by atoms with Crippen LogP contribution in [-0.4, -0.2) is 16.0 Å². The number of benzene rings is 2. The number of carbonyl (C=O) groups excluding carboxylic acids is 1. The number of thiazole rings is 1. The molecule has 2 N–H and O–H groups in total. The number of hydrogen-bond donors (Lipinski definition) is 2. The minimum atomic E-state index is -0.404. The van der Waals surface area contributed by atoms with Gasteiger partial charge in [-0.3, -0.25) is 10.1 Å².